The first-order valence-corrected chi connectivity index (χ1v) is 6.85. The summed E-state index contributed by atoms with van der Waals surface area (Å²) in [6, 6.07) is 2.71. The molecule has 8 nitrogen and oxygen atoms in total. The highest BCUT2D eigenvalue weighted by Gasteiger charge is 2.38. The molecule has 1 amide bonds. The summed E-state index contributed by atoms with van der Waals surface area (Å²) in [5.74, 6) is -1.62. The molecule has 0 spiro atoms. The Kier molecular flexibility index (Phi) is 4.34. The van der Waals surface area contributed by atoms with Gasteiger partial charge in [-0.15, -0.1) is 0 Å². The number of alkyl halides is 3. The van der Waals surface area contributed by atoms with Gasteiger partial charge in [0, 0.05) is 13.1 Å². The molecule has 2 aromatic rings. The molecule has 1 aliphatic rings. The van der Waals surface area contributed by atoms with Gasteiger partial charge in [-0.25, -0.2) is 9.78 Å². The molecule has 0 atom stereocenters. The molecule has 0 unspecified atom stereocenters. The predicted octanol–water partition coefficient (Wildman–Crippen LogP) is 1.98. The van der Waals surface area contributed by atoms with Gasteiger partial charge in [-0.05, 0) is 12.1 Å². The highest BCUT2D eigenvalue weighted by molar-refractivity contribution is 5.70. The summed E-state index contributed by atoms with van der Waals surface area (Å²) >= 11 is 0. The number of rotatable bonds is 2. The predicted molar refractivity (Wildman–Crippen MR) is 70.9 cm³/mol. The Balaban J connectivity index is 1.67. The molecule has 128 valence electrons. The van der Waals surface area contributed by atoms with Gasteiger partial charge in [0.1, 0.15) is 5.69 Å². The molecule has 0 N–H and O–H groups in total. The van der Waals surface area contributed by atoms with Crippen LogP contribution in [0.4, 0.5) is 18.0 Å². The number of hydrogen-bond donors (Lipinski definition) is 0. The first-order chi connectivity index (χ1) is 11.4. The lowest BCUT2D eigenvalue weighted by molar-refractivity contribution is -0.159. The maximum atomic E-state index is 12.4. The molecule has 0 aromatic carbocycles. The minimum absolute atomic E-state index is 0.0559. The third-order valence-corrected chi connectivity index (χ3v) is 3.11. The van der Waals surface area contributed by atoms with Gasteiger partial charge in [-0.2, -0.15) is 18.2 Å². The van der Waals surface area contributed by atoms with Gasteiger partial charge in [-0.1, -0.05) is 5.16 Å². The van der Waals surface area contributed by atoms with Crippen LogP contribution in [0, 0.1) is 0 Å². The van der Waals surface area contributed by atoms with Crippen LogP contribution < -0.4 is 4.74 Å². The zero-order valence-electron chi connectivity index (χ0n) is 12.1. The van der Waals surface area contributed by atoms with Gasteiger partial charge < -0.3 is 18.9 Å². The maximum absolute atomic E-state index is 12.4. The largest absolute Gasteiger partial charge is 0.471 e. The SMILES string of the molecule is O=C(Oc1ccc(-c2noc(C(F)(F)F)n2)nc1)N1CCOCC1. The molecule has 0 saturated carbocycles. The number of morpholine rings is 1. The molecular formula is C13H11F3N4O4. The van der Waals surface area contributed by atoms with E-state index in [4.69, 9.17) is 9.47 Å². The average Bonchev–Trinajstić information content (AvgIpc) is 3.07. The van der Waals surface area contributed by atoms with E-state index in [9.17, 15) is 18.0 Å². The smallest absolute Gasteiger partial charge is 0.409 e. The van der Waals surface area contributed by atoms with Crippen molar-refractivity contribution < 1.29 is 32.0 Å². The quantitative estimate of drug-likeness (QED) is 0.823. The molecule has 3 rings (SSSR count). The summed E-state index contributed by atoms with van der Waals surface area (Å²) in [4.78, 5) is 20.5. The normalized spacial score (nSPS) is 15.4. The van der Waals surface area contributed by atoms with Crippen LogP contribution in [-0.2, 0) is 10.9 Å². The first kappa shape index (κ1) is 16.2. The van der Waals surface area contributed by atoms with Gasteiger partial charge in [0.15, 0.2) is 5.75 Å². The standard InChI is InChI=1S/C13H11F3N4O4/c14-13(15,16)11-18-10(19-24-11)9-2-1-8(7-17-9)23-12(21)20-3-5-22-6-4-20/h1-2,7H,3-6H2. The molecule has 1 fully saturated rings. The summed E-state index contributed by atoms with van der Waals surface area (Å²) < 4.78 is 51.6. The van der Waals surface area contributed by atoms with Crippen LogP contribution in [0.15, 0.2) is 22.9 Å². The van der Waals surface area contributed by atoms with Crippen molar-refractivity contribution in [3.63, 3.8) is 0 Å². The van der Waals surface area contributed by atoms with E-state index in [1.54, 1.807) is 0 Å². The third kappa shape index (κ3) is 3.62. The summed E-state index contributed by atoms with van der Waals surface area (Å²) in [5.41, 5.74) is 0.0559. The van der Waals surface area contributed by atoms with Crippen LogP contribution >= 0.6 is 0 Å². The fraction of sp³-hybridized carbons (Fsp3) is 0.385. The van der Waals surface area contributed by atoms with Gasteiger partial charge in [0.05, 0.1) is 19.4 Å². The van der Waals surface area contributed by atoms with E-state index in [0.29, 0.717) is 26.3 Å². The minimum Gasteiger partial charge on any atom is -0.409 e. The molecule has 1 aliphatic heterocycles. The van der Waals surface area contributed by atoms with E-state index in [-0.39, 0.29) is 17.3 Å². The van der Waals surface area contributed by atoms with E-state index in [1.807, 2.05) is 0 Å². The van der Waals surface area contributed by atoms with E-state index in [2.05, 4.69) is 19.6 Å². The summed E-state index contributed by atoms with van der Waals surface area (Å²) in [6.07, 6.45) is -4.08. The third-order valence-electron chi connectivity index (χ3n) is 3.11. The van der Waals surface area contributed by atoms with Crippen molar-refractivity contribution in [2.75, 3.05) is 26.3 Å². The van der Waals surface area contributed by atoms with E-state index in [0.717, 1.165) is 0 Å². The molecular weight excluding hydrogens is 333 g/mol. The van der Waals surface area contributed by atoms with E-state index in [1.165, 1.54) is 23.2 Å². The second kappa shape index (κ2) is 6.43. The Hall–Kier alpha value is -2.69. The van der Waals surface area contributed by atoms with Crippen molar-refractivity contribution in [3.8, 4) is 17.3 Å². The molecule has 2 aromatic heterocycles. The Bertz CT molecular complexity index is 711. The van der Waals surface area contributed by atoms with Crippen molar-refractivity contribution in [3.05, 3.63) is 24.2 Å². The summed E-state index contributed by atoms with van der Waals surface area (Å²) in [5, 5.41) is 3.22. The monoisotopic (exact) mass is 344 g/mol. The molecule has 0 radical (unpaired) electrons. The van der Waals surface area contributed by atoms with E-state index >= 15 is 0 Å². The Labute approximate surface area is 133 Å². The lowest BCUT2D eigenvalue weighted by Crippen LogP contribution is -2.42. The number of nitrogens with zero attached hydrogens (tertiary/aromatic N) is 4. The molecule has 0 aliphatic carbocycles. The van der Waals surface area contributed by atoms with Crippen LogP contribution in [0.3, 0.4) is 0 Å². The zero-order chi connectivity index (χ0) is 17.2. The number of carbonyl (C=O) groups excluding carboxylic acids is 1. The highest BCUT2D eigenvalue weighted by Crippen LogP contribution is 2.29. The van der Waals surface area contributed by atoms with Gasteiger partial charge >= 0.3 is 18.2 Å². The molecule has 0 bridgehead atoms. The molecule has 1 saturated heterocycles. The van der Waals surface area contributed by atoms with Crippen LogP contribution in [0.2, 0.25) is 0 Å². The zero-order valence-corrected chi connectivity index (χ0v) is 12.1. The number of amides is 1. The number of pyridine rings is 1. The molecule has 11 heteroatoms. The van der Waals surface area contributed by atoms with Crippen LogP contribution in [0.25, 0.3) is 11.5 Å². The van der Waals surface area contributed by atoms with Gasteiger partial charge in [-0.3, -0.25) is 0 Å². The molecule has 3 heterocycles. The second-order valence-electron chi connectivity index (χ2n) is 4.77. The van der Waals surface area contributed by atoms with Crippen molar-refractivity contribution in [1.29, 1.82) is 0 Å². The lowest BCUT2D eigenvalue weighted by atomic mass is 10.3. The van der Waals surface area contributed by atoms with Crippen molar-refractivity contribution >= 4 is 6.09 Å². The average molecular weight is 344 g/mol. The van der Waals surface area contributed by atoms with Crippen molar-refractivity contribution in [2.24, 2.45) is 0 Å². The number of aromatic nitrogens is 3. The van der Waals surface area contributed by atoms with Crippen molar-refractivity contribution in [1.82, 2.24) is 20.0 Å². The Morgan fingerprint density at radius 2 is 2.00 bits per heavy atom. The number of carbonyl (C=O) groups is 1. The number of halogens is 3. The van der Waals surface area contributed by atoms with Gasteiger partial charge in [0.2, 0.25) is 5.82 Å². The van der Waals surface area contributed by atoms with Crippen LogP contribution in [0.5, 0.6) is 5.75 Å². The highest BCUT2D eigenvalue weighted by atomic mass is 19.4. The lowest BCUT2D eigenvalue weighted by Gasteiger charge is -2.25. The Morgan fingerprint density at radius 1 is 1.25 bits per heavy atom. The summed E-state index contributed by atoms with van der Waals surface area (Å²) in [7, 11) is 0. The Morgan fingerprint density at radius 3 is 2.58 bits per heavy atom. The fourth-order valence-corrected chi connectivity index (χ4v) is 1.93. The topological polar surface area (TPSA) is 90.6 Å². The number of hydrogen-bond acceptors (Lipinski definition) is 7. The molecule has 24 heavy (non-hydrogen) atoms. The number of ether oxygens (including phenoxy) is 2. The van der Waals surface area contributed by atoms with Crippen LogP contribution in [0.1, 0.15) is 5.89 Å². The first-order valence-electron chi connectivity index (χ1n) is 6.85. The van der Waals surface area contributed by atoms with Gasteiger partial charge in [0.25, 0.3) is 0 Å². The van der Waals surface area contributed by atoms with Crippen molar-refractivity contribution in [2.45, 2.75) is 6.18 Å². The van der Waals surface area contributed by atoms with Crippen LogP contribution in [-0.4, -0.2) is 52.4 Å². The second-order valence-corrected chi connectivity index (χ2v) is 4.77. The summed E-state index contributed by atoms with van der Waals surface area (Å²) in [6.45, 7) is 1.72. The van der Waals surface area contributed by atoms with E-state index < -0.39 is 18.2 Å². The fourth-order valence-electron chi connectivity index (χ4n) is 1.93. The maximum Gasteiger partial charge on any atom is 0.471 e. The minimum atomic E-state index is -4.72.